The second kappa shape index (κ2) is 4.59. The van der Waals surface area contributed by atoms with Crippen molar-refractivity contribution >= 4 is 6.01 Å². The van der Waals surface area contributed by atoms with Crippen molar-refractivity contribution in [1.82, 2.24) is 15.5 Å². The van der Waals surface area contributed by atoms with Crippen LogP contribution in [-0.4, -0.2) is 36.5 Å². The zero-order valence-corrected chi connectivity index (χ0v) is 8.99. The van der Waals surface area contributed by atoms with E-state index in [1.54, 1.807) is 0 Å². The molecule has 2 atom stereocenters. The van der Waals surface area contributed by atoms with Gasteiger partial charge in [0.2, 0.25) is 5.89 Å². The first kappa shape index (κ1) is 10.4. The summed E-state index contributed by atoms with van der Waals surface area (Å²) in [6, 6.07) is 0.846. The Balaban J connectivity index is 1.94. The number of aromatic nitrogens is 2. The van der Waals surface area contributed by atoms with Gasteiger partial charge in [0.05, 0.1) is 18.7 Å². The SMILES string of the molecule is CNC(C)c1nnc(NC2CCOC2)o1. The van der Waals surface area contributed by atoms with Crippen LogP contribution in [0.3, 0.4) is 0 Å². The first-order valence-corrected chi connectivity index (χ1v) is 5.14. The Hall–Kier alpha value is -1.14. The van der Waals surface area contributed by atoms with Crippen LogP contribution in [0.5, 0.6) is 0 Å². The van der Waals surface area contributed by atoms with Crippen molar-refractivity contribution in [2.45, 2.75) is 25.4 Å². The number of nitrogens with zero attached hydrogens (tertiary/aromatic N) is 2. The Labute approximate surface area is 88.4 Å². The molecule has 1 aromatic heterocycles. The lowest BCUT2D eigenvalue weighted by Crippen LogP contribution is -2.19. The molecule has 0 amide bonds. The van der Waals surface area contributed by atoms with E-state index in [-0.39, 0.29) is 6.04 Å². The van der Waals surface area contributed by atoms with Gasteiger partial charge in [-0.15, -0.1) is 5.10 Å². The smallest absolute Gasteiger partial charge is 0.315 e. The van der Waals surface area contributed by atoms with Gasteiger partial charge < -0.3 is 19.8 Å². The van der Waals surface area contributed by atoms with Crippen molar-refractivity contribution in [3.63, 3.8) is 0 Å². The summed E-state index contributed by atoms with van der Waals surface area (Å²) in [5, 5.41) is 14.1. The quantitative estimate of drug-likeness (QED) is 0.759. The number of hydrogen-bond donors (Lipinski definition) is 2. The molecule has 1 fully saturated rings. The van der Waals surface area contributed by atoms with E-state index in [0.29, 0.717) is 24.6 Å². The average Bonchev–Trinajstić information content (AvgIpc) is 2.88. The number of anilines is 1. The van der Waals surface area contributed by atoms with Crippen molar-refractivity contribution < 1.29 is 9.15 Å². The number of ether oxygens (including phenoxy) is 1. The summed E-state index contributed by atoms with van der Waals surface area (Å²) in [6.45, 7) is 3.47. The van der Waals surface area contributed by atoms with Gasteiger partial charge in [0.1, 0.15) is 0 Å². The minimum atomic E-state index is 0.0767. The van der Waals surface area contributed by atoms with E-state index in [4.69, 9.17) is 9.15 Å². The predicted molar refractivity (Wildman–Crippen MR) is 54.6 cm³/mol. The van der Waals surface area contributed by atoms with Gasteiger partial charge in [-0.3, -0.25) is 0 Å². The Morgan fingerprint density at radius 3 is 3.00 bits per heavy atom. The lowest BCUT2D eigenvalue weighted by atomic mass is 10.3. The molecule has 0 radical (unpaired) electrons. The summed E-state index contributed by atoms with van der Waals surface area (Å²) >= 11 is 0. The van der Waals surface area contributed by atoms with Crippen LogP contribution in [0.25, 0.3) is 0 Å². The van der Waals surface area contributed by atoms with E-state index in [2.05, 4.69) is 20.8 Å². The van der Waals surface area contributed by atoms with E-state index in [9.17, 15) is 0 Å². The van der Waals surface area contributed by atoms with Gasteiger partial charge in [-0.2, -0.15) is 0 Å². The molecule has 15 heavy (non-hydrogen) atoms. The van der Waals surface area contributed by atoms with Crippen LogP contribution < -0.4 is 10.6 Å². The van der Waals surface area contributed by atoms with Crippen molar-refractivity contribution in [3.05, 3.63) is 5.89 Å². The zero-order valence-electron chi connectivity index (χ0n) is 8.99. The maximum atomic E-state index is 5.45. The second-order valence-corrected chi connectivity index (χ2v) is 3.66. The normalized spacial score (nSPS) is 22.9. The fourth-order valence-electron chi connectivity index (χ4n) is 1.41. The van der Waals surface area contributed by atoms with E-state index in [1.165, 1.54) is 0 Å². The standard InChI is InChI=1S/C9H16N4O2/c1-6(10-2)8-12-13-9(15-8)11-7-3-4-14-5-7/h6-7,10H,3-5H2,1-2H3,(H,11,13). The molecule has 2 unspecified atom stereocenters. The molecule has 0 aliphatic carbocycles. The molecule has 1 aromatic rings. The van der Waals surface area contributed by atoms with E-state index < -0.39 is 0 Å². The highest BCUT2D eigenvalue weighted by Gasteiger charge is 2.18. The van der Waals surface area contributed by atoms with Crippen LogP contribution >= 0.6 is 0 Å². The third-order valence-corrected chi connectivity index (χ3v) is 2.50. The number of hydrogen-bond acceptors (Lipinski definition) is 6. The van der Waals surface area contributed by atoms with Gasteiger partial charge in [-0.05, 0) is 20.4 Å². The van der Waals surface area contributed by atoms with Gasteiger partial charge in [0, 0.05) is 6.61 Å². The van der Waals surface area contributed by atoms with Gasteiger partial charge in [-0.25, -0.2) is 0 Å². The van der Waals surface area contributed by atoms with Crippen LogP contribution in [0.4, 0.5) is 6.01 Å². The summed E-state index contributed by atoms with van der Waals surface area (Å²) < 4.78 is 10.7. The summed E-state index contributed by atoms with van der Waals surface area (Å²) in [7, 11) is 1.85. The van der Waals surface area contributed by atoms with Gasteiger partial charge in [-0.1, -0.05) is 5.10 Å². The first-order chi connectivity index (χ1) is 7.29. The lowest BCUT2D eigenvalue weighted by Gasteiger charge is -2.07. The van der Waals surface area contributed by atoms with Gasteiger partial charge in [0.25, 0.3) is 0 Å². The van der Waals surface area contributed by atoms with Gasteiger partial charge >= 0.3 is 6.01 Å². The van der Waals surface area contributed by atoms with E-state index in [0.717, 1.165) is 13.0 Å². The largest absolute Gasteiger partial charge is 0.406 e. The topological polar surface area (TPSA) is 72.2 Å². The molecule has 0 spiro atoms. The van der Waals surface area contributed by atoms with Crippen molar-refractivity contribution in [1.29, 1.82) is 0 Å². The zero-order chi connectivity index (χ0) is 10.7. The molecule has 0 aromatic carbocycles. The molecular weight excluding hydrogens is 196 g/mol. The molecule has 2 heterocycles. The van der Waals surface area contributed by atoms with Crippen LogP contribution in [0.1, 0.15) is 25.3 Å². The van der Waals surface area contributed by atoms with Crippen molar-refractivity contribution in [2.24, 2.45) is 0 Å². The highest BCUT2D eigenvalue weighted by molar-refractivity contribution is 5.20. The molecule has 1 saturated heterocycles. The van der Waals surface area contributed by atoms with Crippen LogP contribution in [0, 0.1) is 0 Å². The summed E-state index contributed by atoms with van der Waals surface area (Å²) in [5.41, 5.74) is 0. The fourth-order valence-corrected chi connectivity index (χ4v) is 1.41. The van der Waals surface area contributed by atoms with Crippen LogP contribution in [0.2, 0.25) is 0 Å². The third kappa shape index (κ3) is 2.45. The maximum Gasteiger partial charge on any atom is 0.315 e. The fraction of sp³-hybridized carbons (Fsp3) is 0.778. The van der Waals surface area contributed by atoms with E-state index in [1.807, 2.05) is 14.0 Å². The highest BCUT2D eigenvalue weighted by atomic mass is 16.5. The molecule has 6 nitrogen and oxygen atoms in total. The maximum absolute atomic E-state index is 5.45. The molecule has 1 aliphatic rings. The highest BCUT2D eigenvalue weighted by Crippen LogP contribution is 2.15. The van der Waals surface area contributed by atoms with Gasteiger partial charge in [0.15, 0.2) is 0 Å². The number of nitrogens with one attached hydrogen (secondary N) is 2. The second-order valence-electron chi connectivity index (χ2n) is 3.66. The molecule has 0 saturated carbocycles. The van der Waals surface area contributed by atoms with E-state index >= 15 is 0 Å². The molecular formula is C9H16N4O2. The van der Waals surface area contributed by atoms with Crippen molar-refractivity contribution in [2.75, 3.05) is 25.6 Å². The molecule has 2 rings (SSSR count). The first-order valence-electron chi connectivity index (χ1n) is 5.14. The summed E-state index contributed by atoms with van der Waals surface area (Å²) in [5.74, 6) is 0.596. The molecule has 0 bridgehead atoms. The number of rotatable bonds is 4. The van der Waals surface area contributed by atoms with Crippen LogP contribution in [-0.2, 0) is 4.74 Å². The summed E-state index contributed by atoms with van der Waals surface area (Å²) in [4.78, 5) is 0. The predicted octanol–water partition coefficient (Wildman–Crippen LogP) is 0.551. The minimum absolute atomic E-state index is 0.0767. The Morgan fingerprint density at radius 1 is 1.47 bits per heavy atom. The Morgan fingerprint density at radius 2 is 2.33 bits per heavy atom. The Bertz CT molecular complexity index is 309. The van der Waals surface area contributed by atoms with Crippen molar-refractivity contribution in [3.8, 4) is 0 Å². The molecule has 2 N–H and O–H groups in total. The lowest BCUT2D eigenvalue weighted by molar-refractivity contribution is 0.195. The third-order valence-electron chi connectivity index (χ3n) is 2.50. The minimum Gasteiger partial charge on any atom is -0.406 e. The Kier molecular flexibility index (Phi) is 3.17. The monoisotopic (exact) mass is 212 g/mol. The molecule has 1 aliphatic heterocycles. The molecule has 6 heteroatoms. The summed E-state index contributed by atoms with van der Waals surface area (Å²) in [6.07, 6.45) is 0.985. The molecule has 84 valence electrons. The van der Waals surface area contributed by atoms with Crippen LogP contribution in [0.15, 0.2) is 4.42 Å². The average molecular weight is 212 g/mol.